The van der Waals surface area contributed by atoms with Crippen molar-refractivity contribution in [2.45, 2.75) is 18.7 Å². The van der Waals surface area contributed by atoms with E-state index in [9.17, 15) is 18.5 Å². The van der Waals surface area contributed by atoms with E-state index in [1.54, 1.807) is 26.1 Å². The SMILES string of the molecule is Cc1ccc(S(=O)(=O)NCCNc2c([N+](=O)[O-])c(C)nn2C)cc1. The first-order chi connectivity index (χ1) is 11.2. The van der Waals surface area contributed by atoms with E-state index in [0.717, 1.165) is 5.56 Å². The van der Waals surface area contributed by atoms with Gasteiger partial charge in [0.25, 0.3) is 0 Å². The van der Waals surface area contributed by atoms with E-state index in [2.05, 4.69) is 15.1 Å². The Hall–Kier alpha value is -2.46. The van der Waals surface area contributed by atoms with Gasteiger partial charge in [0.15, 0.2) is 0 Å². The van der Waals surface area contributed by atoms with Gasteiger partial charge in [-0.1, -0.05) is 17.7 Å². The Bertz CT molecular complexity index is 843. The van der Waals surface area contributed by atoms with Gasteiger partial charge < -0.3 is 5.32 Å². The lowest BCUT2D eigenvalue weighted by Gasteiger charge is -2.09. The molecule has 1 heterocycles. The molecule has 2 rings (SSSR count). The highest BCUT2D eigenvalue weighted by atomic mass is 32.2. The molecule has 0 saturated carbocycles. The van der Waals surface area contributed by atoms with Crippen LogP contribution in [0.4, 0.5) is 11.5 Å². The average molecular weight is 353 g/mol. The number of hydrogen-bond acceptors (Lipinski definition) is 6. The number of aryl methyl sites for hydroxylation is 3. The van der Waals surface area contributed by atoms with Crippen LogP contribution in [0.5, 0.6) is 0 Å². The summed E-state index contributed by atoms with van der Waals surface area (Å²) in [5.74, 6) is 0.243. The zero-order valence-corrected chi connectivity index (χ0v) is 14.4. The molecule has 9 nitrogen and oxygen atoms in total. The molecule has 1 aromatic carbocycles. The molecule has 0 amide bonds. The highest BCUT2D eigenvalue weighted by molar-refractivity contribution is 7.89. The summed E-state index contributed by atoms with van der Waals surface area (Å²) in [5, 5.41) is 17.9. The summed E-state index contributed by atoms with van der Waals surface area (Å²) in [4.78, 5) is 10.7. The minimum Gasteiger partial charge on any atom is -0.363 e. The number of rotatable bonds is 7. The van der Waals surface area contributed by atoms with Crippen molar-refractivity contribution >= 4 is 21.5 Å². The Morgan fingerprint density at radius 2 is 1.83 bits per heavy atom. The summed E-state index contributed by atoms with van der Waals surface area (Å²) < 4.78 is 28.1. The van der Waals surface area contributed by atoms with Gasteiger partial charge in [-0.05, 0) is 26.0 Å². The number of nitrogens with one attached hydrogen (secondary N) is 2. The van der Waals surface area contributed by atoms with Crippen LogP contribution in [0, 0.1) is 24.0 Å². The molecule has 0 aliphatic heterocycles. The van der Waals surface area contributed by atoms with Crippen molar-refractivity contribution in [2.75, 3.05) is 18.4 Å². The predicted molar refractivity (Wildman–Crippen MR) is 89.5 cm³/mol. The van der Waals surface area contributed by atoms with Crippen LogP contribution in [0.2, 0.25) is 0 Å². The van der Waals surface area contributed by atoms with Gasteiger partial charge in [0.05, 0.1) is 9.82 Å². The molecule has 0 radical (unpaired) electrons. The Morgan fingerprint density at radius 3 is 2.42 bits per heavy atom. The zero-order chi connectivity index (χ0) is 17.9. The average Bonchev–Trinajstić information content (AvgIpc) is 2.78. The minimum absolute atomic E-state index is 0.0809. The number of anilines is 1. The highest BCUT2D eigenvalue weighted by Gasteiger charge is 2.23. The number of benzene rings is 1. The monoisotopic (exact) mass is 353 g/mol. The molecule has 0 spiro atoms. The van der Waals surface area contributed by atoms with Crippen molar-refractivity contribution in [1.29, 1.82) is 0 Å². The molecule has 2 N–H and O–H groups in total. The summed E-state index contributed by atoms with van der Waals surface area (Å²) in [6.07, 6.45) is 0. The first-order valence-corrected chi connectivity index (χ1v) is 8.69. The topological polar surface area (TPSA) is 119 Å². The van der Waals surface area contributed by atoms with Crippen molar-refractivity contribution in [1.82, 2.24) is 14.5 Å². The third-order valence-corrected chi connectivity index (χ3v) is 4.89. The standard InChI is InChI=1S/C14H19N5O4S/c1-10-4-6-12(7-5-10)24(22,23)16-9-8-15-14-13(19(20)21)11(2)17-18(14)3/h4-7,15-16H,8-9H2,1-3H3. The highest BCUT2D eigenvalue weighted by Crippen LogP contribution is 2.26. The van der Waals surface area contributed by atoms with Crippen LogP contribution >= 0.6 is 0 Å². The molecule has 0 fully saturated rings. The Balaban J connectivity index is 1.98. The summed E-state index contributed by atoms with van der Waals surface area (Å²) in [6, 6.07) is 6.49. The van der Waals surface area contributed by atoms with Crippen molar-refractivity contribution in [3.8, 4) is 0 Å². The van der Waals surface area contributed by atoms with Gasteiger partial charge in [0.1, 0.15) is 5.69 Å². The van der Waals surface area contributed by atoms with Crippen molar-refractivity contribution in [3.05, 3.63) is 45.6 Å². The first-order valence-electron chi connectivity index (χ1n) is 7.20. The van der Waals surface area contributed by atoms with E-state index in [-0.39, 0.29) is 29.5 Å². The molecule has 1 aromatic heterocycles. The number of nitro groups is 1. The van der Waals surface area contributed by atoms with Crippen molar-refractivity contribution < 1.29 is 13.3 Å². The molecule has 0 aliphatic rings. The van der Waals surface area contributed by atoms with E-state index < -0.39 is 14.9 Å². The molecular formula is C14H19N5O4S. The fourth-order valence-electron chi connectivity index (χ4n) is 2.23. The molecule has 0 unspecified atom stereocenters. The fourth-order valence-corrected chi connectivity index (χ4v) is 3.26. The van der Waals surface area contributed by atoms with E-state index in [1.807, 2.05) is 6.92 Å². The minimum atomic E-state index is -3.61. The van der Waals surface area contributed by atoms with Gasteiger partial charge in [0.2, 0.25) is 15.8 Å². The van der Waals surface area contributed by atoms with Crippen LogP contribution in [-0.4, -0.2) is 36.2 Å². The Morgan fingerprint density at radius 1 is 1.21 bits per heavy atom. The molecule has 10 heteroatoms. The van der Waals surface area contributed by atoms with Crippen LogP contribution in [0.25, 0.3) is 0 Å². The van der Waals surface area contributed by atoms with Gasteiger partial charge in [-0.3, -0.25) is 10.1 Å². The summed E-state index contributed by atoms with van der Waals surface area (Å²) in [6.45, 7) is 3.68. The lowest BCUT2D eigenvalue weighted by Crippen LogP contribution is -2.29. The maximum atomic E-state index is 12.1. The predicted octanol–water partition coefficient (Wildman–Crippen LogP) is 1.34. The zero-order valence-electron chi connectivity index (χ0n) is 13.6. The van der Waals surface area contributed by atoms with Crippen LogP contribution in [0.1, 0.15) is 11.3 Å². The van der Waals surface area contributed by atoms with Gasteiger partial charge in [-0.2, -0.15) is 5.10 Å². The third kappa shape index (κ3) is 3.89. The number of aromatic nitrogens is 2. The van der Waals surface area contributed by atoms with E-state index >= 15 is 0 Å². The Kier molecular flexibility index (Phi) is 5.20. The largest absolute Gasteiger partial charge is 0.363 e. The Labute approximate surface area is 139 Å². The molecule has 0 atom stereocenters. The smallest absolute Gasteiger partial charge is 0.333 e. The normalized spacial score (nSPS) is 11.5. The van der Waals surface area contributed by atoms with Crippen molar-refractivity contribution in [2.24, 2.45) is 7.05 Å². The van der Waals surface area contributed by atoms with E-state index in [1.165, 1.54) is 16.8 Å². The molecule has 2 aromatic rings. The summed E-state index contributed by atoms with van der Waals surface area (Å²) >= 11 is 0. The molecule has 0 saturated heterocycles. The van der Waals surface area contributed by atoms with E-state index in [0.29, 0.717) is 5.69 Å². The summed E-state index contributed by atoms with van der Waals surface area (Å²) in [5.41, 5.74) is 1.15. The quantitative estimate of drug-likeness (QED) is 0.440. The van der Waals surface area contributed by atoms with Gasteiger partial charge in [-0.25, -0.2) is 17.8 Å². The second kappa shape index (κ2) is 6.97. The molecular weight excluding hydrogens is 334 g/mol. The van der Waals surface area contributed by atoms with Crippen LogP contribution in [0.15, 0.2) is 29.2 Å². The van der Waals surface area contributed by atoms with Gasteiger partial charge >= 0.3 is 5.69 Å². The molecule has 24 heavy (non-hydrogen) atoms. The number of nitrogens with zero attached hydrogens (tertiary/aromatic N) is 3. The lowest BCUT2D eigenvalue weighted by atomic mass is 10.2. The molecule has 0 aliphatic carbocycles. The third-order valence-electron chi connectivity index (χ3n) is 3.41. The van der Waals surface area contributed by atoms with Crippen LogP contribution in [-0.2, 0) is 17.1 Å². The first kappa shape index (κ1) is 17.9. The molecule has 0 bridgehead atoms. The van der Waals surface area contributed by atoms with Crippen LogP contribution in [0.3, 0.4) is 0 Å². The fraction of sp³-hybridized carbons (Fsp3) is 0.357. The van der Waals surface area contributed by atoms with Gasteiger partial charge in [0, 0.05) is 20.1 Å². The van der Waals surface area contributed by atoms with Gasteiger partial charge in [-0.15, -0.1) is 0 Å². The summed E-state index contributed by atoms with van der Waals surface area (Å²) in [7, 11) is -2.03. The van der Waals surface area contributed by atoms with E-state index in [4.69, 9.17) is 0 Å². The maximum Gasteiger partial charge on any atom is 0.333 e. The number of sulfonamides is 1. The second-order valence-electron chi connectivity index (χ2n) is 5.30. The molecule has 130 valence electrons. The lowest BCUT2D eigenvalue weighted by molar-refractivity contribution is -0.384. The number of hydrogen-bond donors (Lipinski definition) is 2. The van der Waals surface area contributed by atoms with Crippen molar-refractivity contribution in [3.63, 3.8) is 0 Å². The van der Waals surface area contributed by atoms with Crippen LogP contribution < -0.4 is 10.0 Å². The second-order valence-corrected chi connectivity index (χ2v) is 7.07. The maximum absolute atomic E-state index is 12.1.